The fourth-order valence-corrected chi connectivity index (χ4v) is 4.14. The van der Waals surface area contributed by atoms with Crippen molar-refractivity contribution >= 4 is 22.6 Å². The van der Waals surface area contributed by atoms with Gasteiger partial charge in [0.25, 0.3) is 0 Å². The number of aryl methyl sites for hydroxylation is 2. The molecule has 5 heteroatoms. The Kier molecular flexibility index (Phi) is 6.67. The zero-order valence-corrected chi connectivity index (χ0v) is 17.7. The van der Waals surface area contributed by atoms with Crippen molar-refractivity contribution in [3.63, 3.8) is 0 Å². The number of benzene rings is 1. The number of nitrogens with one attached hydrogen (secondary N) is 1. The van der Waals surface area contributed by atoms with Crippen molar-refractivity contribution in [3.05, 3.63) is 59.5 Å². The van der Waals surface area contributed by atoms with Gasteiger partial charge in [-0.15, -0.1) is 0 Å². The van der Waals surface area contributed by atoms with Gasteiger partial charge < -0.3 is 5.32 Å². The Morgan fingerprint density at radius 2 is 1.97 bits per heavy atom. The van der Waals surface area contributed by atoms with Gasteiger partial charge >= 0.3 is 0 Å². The van der Waals surface area contributed by atoms with E-state index in [9.17, 15) is 4.79 Å². The Morgan fingerprint density at radius 3 is 2.83 bits per heavy atom. The molecule has 0 saturated heterocycles. The van der Waals surface area contributed by atoms with Gasteiger partial charge in [0.05, 0.1) is 16.7 Å². The third-order valence-corrected chi connectivity index (χ3v) is 5.94. The molecular weight excluding hydrogens is 372 g/mol. The van der Waals surface area contributed by atoms with Crippen molar-refractivity contribution in [3.8, 4) is 0 Å². The van der Waals surface area contributed by atoms with E-state index in [0.29, 0.717) is 18.6 Å². The van der Waals surface area contributed by atoms with Crippen LogP contribution in [-0.2, 0) is 17.6 Å². The molecule has 3 heterocycles. The van der Waals surface area contributed by atoms with Gasteiger partial charge in [-0.05, 0) is 62.3 Å². The lowest BCUT2D eigenvalue weighted by molar-refractivity contribution is -0.119. The van der Waals surface area contributed by atoms with Crippen LogP contribution in [0.3, 0.4) is 0 Å². The summed E-state index contributed by atoms with van der Waals surface area (Å²) < 4.78 is 0. The summed E-state index contributed by atoms with van der Waals surface area (Å²) >= 11 is 0. The number of pyridine rings is 1. The molecule has 1 aromatic carbocycles. The normalized spacial score (nSPS) is 14.2. The highest BCUT2D eigenvalue weighted by atomic mass is 16.1. The van der Waals surface area contributed by atoms with Crippen LogP contribution in [-0.4, -0.2) is 27.3 Å². The number of carbonyl (C=O) groups is 1. The molecule has 4 rings (SSSR count). The number of hydrogen-bond donors (Lipinski definition) is 1. The Morgan fingerprint density at radius 1 is 1.10 bits per heavy atom. The Hall–Kier alpha value is -2.82. The highest BCUT2D eigenvalue weighted by molar-refractivity contribution is 5.79. The smallest absolute Gasteiger partial charge is 0.133 e. The molecule has 0 spiro atoms. The second-order valence-electron chi connectivity index (χ2n) is 8.18. The second kappa shape index (κ2) is 9.79. The van der Waals surface area contributed by atoms with Crippen LogP contribution in [0.4, 0.5) is 5.82 Å². The lowest BCUT2D eigenvalue weighted by Crippen LogP contribution is -2.14. The van der Waals surface area contributed by atoms with Crippen LogP contribution >= 0.6 is 0 Å². The summed E-state index contributed by atoms with van der Waals surface area (Å²) in [7, 11) is 0. The predicted octanol–water partition coefficient (Wildman–Crippen LogP) is 5.25. The zero-order valence-electron chi connectivity index (χ0n) is 17.7. The summed E-state index contributed by atoms with van der Waals surface area (Å²) in [6.07, 6.45) is 9.02. The Bertz CT molecular complexity index is 1020. The Labute approximate surface area is 178 Å². The summed E-state index contributed by atoms with van der Waals surface area (Å²) in [4.78, 5) is 26.6. The number of Topliss-reactive ketones (excluding diaryl/α,β-unsaturated/α-hetero) is 1. The number of carbonyl (C=O) groups excluding carboxylic acids is 1. The largest absolute Gasteiger partial charge is 0.370 e. The molecule has 5 nitrogen and oxygen atoms in total. The predicted molar refractivity (Wildman–Crippen MR) is 121 cm³/mol. The first-order chi connectivity index (χ1) is 14.7. The van der Waals surface area contributed by atoms with Gasteiger partial charge in [-0.25, -0.2) is 9.97 Å². The first-order valence-electron chi connectivity index (χ1n) is 11.2. The summed E-state index contributed by atoms with van der Waals surface area (Å²) in [5, 5.41) is 3.39. The van der Waals surface area contributed by atoms with E-state index in [0.717, 1.165) is 66.9 Å². The Balaban J connectivity index is 1.26. The molecule has 2 aromatic heterocycles. The maximum Gasteiger partial charge on any atom is 0.133 e. The summed E-state index contributed by atoms with van der Waals surface area (Å²) in [5.74, 6) is 1.51. The van der Waals surface area contributed by atoms with Crippen LogP contribution < -0.4 is 5.32 Å². The number of ketones is 1. The van der Waals surface area contributed by atoms with Gasteiger partial charge in [-0.1, -0.05) is 25.1 Å². The first kappa shape index (κ1) is 20.5. The lowest BCUT2D eigenvalue weighted by atomic mass is 9.94. The van der Waals surface area contributed by atoms with Crippen molar-refractivity contribution in [2.75, 3.05) is 11.9 Å². The van der Waals surface area contributed by atoms with Crippen molar-refractivity contribution in [1.29, 1.82) is 0 Å². The van der Waals surface area contributed by atoms with Crippen LogP contribution in [0.15, 0.2) is 42.6 Å². The highest BCUT2D eigenvalue weighted by Crippen LogP contribution is 2.24. The monoisotopic (exact) mass is 402 g/mol. The molecule has 1 aliphatic rings. The minimum atomic E-state index is 0.142. The van der Waals surface area contributed by atoms with E-state index in [-0.39, 0.29) is 5.92 Å². The van der Waals surface area contributed by atoms with Crippen molar-refractivity contribution in [2.45, 2.75) is 64.2 Å². The molecule has 3 aromatic rings. The van der Waals surface area contributed by atoms with Gasteiger partial charge in [0, 0.05) is 37.2 Å². The average molecular weight is 403 g/mol. The second-order valence-corrected chi connectivity index (χ2v) is 8.18. The first-order valence-corrected chi connectivity index (χ1v) is 11.2. The van der Waals surface area contributed by atoms with E-state index in [1.165, 1.54) is 12.0 Å². The van der Waals surface area contributed by atoms with Gasteiger partial charge in [0.2, 0.25) is 0 Å². The van der Waals surface area contributed by atoms with Crippen molar-refractivity contribution in [2.24, 2.45) is 0 Å². The fraction of sp³-hybridized carbons (Fsp3) is 0.440. The van der Waals surface area contributed by atoms with E-state index < -0.39 is 0 Å². The molecule has 1 N–H and O–H groups in total. The molecule has 0 fully saturated rings. The molecule has 0 aliphatic carbocycles. The molecule has 0 amide bonds. The fourth-order valence-electron chi connectivity index (χ4n) is 4.14. The third-order valence-electron chi connectivity index (χ3n) is 5.94. The standard InChI is InChI=1S/C25H30N4O/c1-2-18(24-17-27-22-11-5-6-12-23(22)29-24)16-21(30)10-4-3-9-20-14-13-19-8-7-15-26-25(19)28-20/h5-6,11-14,17-18H,2-4,7-10,15-16H2,1H3,(H,26,28). The van der Waals surface area contributed by atoms with Crippen LogP contribution in [0, 0.1) is 0 Å². The minimum Gasteiger partial charge on any atom is -0.370 e. The van der Waals surface area contributed by atoms with Crippen LogP contribution in [0.25, 0.3) is 11.0 Å². The number of nitrogens with zero attached hydrogens (tertiary/aromatic N) is 3. The molecule has 156 valence electrons. The average Bonchev–Trinajstić information content (AvgIpc) is 2.80. The van der Waals surface area contributed by atoms with Gasteiger partial charge in [0.15, 0.2) is 0 Å². The van der Waals surface area contributed by atoms with Crippen LogP contribution in [0.5, 0.6) is 0 Å². The summed E-state index contributed by atoms with van der Waals surface area (Å²) in [6.45, 7) is 3.13. The molecule has 0 bridgehead atoms. The molecule has 1 atom stereocenters. The molecule has 1 unspecified atom stereocenters. The van der Waals surface area contributed by atoms with Crippen LogP contribution in [0.2, 0.25) is 0 Å². The van der Waals surface area contributed by atoms with E-state index in [1.807, 2.05) is 30.5 Å². The molecule has 1 aliphatic heterocycles. The van der Waals surface area contributed by atoms with E-state index >= 15 is 0 Å². The maximum absolute atomic E-state index is 12.6. The van der Waals surface area contributed by atoms with E-state index in [4.69, 9.17) is 9.97 Å². The van der Waals surface area contributed by atoms with Crippen LogP contribution in [0.1, 0.15) is 68.3 Å². The topological polar surface area (TPSA) is 67.8 Å². The molecule has 0 radical (unpaired) electrons. The zero-order chi connectivity index (χ0) is 20.8. The van der Waals surface area contributed by atoms with Gasteiger partial charge in [0.1, 0.15) is 11.6 Å². The number of fused-ring (bicyclic) bond motifs is 2. The number of hydrogen-bond acceptors (Lipinski definition) is 5. The number of anilines is 1. The van der Waals surface area contributed by atoms with E-state index in [2.05, 4.69) is 29.4 Å². The van der Waals surface area contributed by atoms with Crippen molar-refractivity contribution < 1.29 is 4.79 Å². The minimum absolute atomic E-state index is 0.142. The van der Waals surface area contributed by atoms with Gasteiger partial charge in [-0.3, -0.25) is 9.78 Å². The van der Waals surface area contributed by atoms with E-state index in [1.54, 1.807) is 0 Å². The molecule has 30 heavy (non-hydrogen) atoms. The maximum atomic E-state index is 12.6. The molecular formula is C25H30N4O. The lowest BCUT2D eigenvalue weighted by Gasteiger charge is -2.17. The number of unbranched alkanes of at least 4 members (excludes halogenated alkanes) is 1. The SMILES string of the molecule is CCC(CC(=O)CCCCc1ccc2c(n1)NCCC2)c1cnc2ccccc2n1. The number of para-hydroxylation sites is 2. The van der Waals surface area contributed by atoms with Gasteiger partial charge in [-0.2, -0.15) is 0 Å². The highest BCUT2D eigenvalue weighted by Gasteiger charge is 2.17. The quantitative estimate of drug-likeness (QED) is 0.495. The summed E-state index contributed by atoms with van der Waals surface area (Å²) in [5.41, 5.74) is 5.16. The number of rotatable bonds is 9. The number of aromatic nitrogens is 3. The molecule has 0 saturated carbocycles. The third kappa shape index (κ3) is 5.02. The summed E-state index contributed by atoms with van der Waals surface area (Å²) in [6, 6.07) is 12.2. The van der Waals surface area contributed by atoms with Crippen molar-refractivity contribution in [1.82, 2.24) is 15.0 Å².